The van der Waals surface area contributed by atoms with Crippen LogP contribution in [-0.2, 0) is 6.54 Å². The maximum Gasteiger partial charge on any atom is 0.191 e. The van der Waals surface area contributed by atoms with Gasteiger partial charge in [-0.3, -0.25) is 4.99 Å². The van der Waals surface area contributed by atoms with Crippen LogP contribution in [0.15, 0.2) is 46.8 Å². The molecule has 2 aromatic rings. The largest absolute Gasteiger partial charge is 0.356 e. The maximum absolute atomic E-state index is 12.8. The molecule has 3 nitrogen and oxygen atoms in total. The quantitative estimate of drug-likeness (QED) is 0.656. The van der Waals surface area contributed by atoms with Crippen molar-refractivity contribution >= 4 is 17.3 Å². The van der Waals surface area contributed by atoms with E-state index in [0.29, 0.717) is 12.5 Å². The van der Waals surface area contributed by atoms with Gasteiger partial charge in [0.25, 0.3) is 0 Å². The number of aliphatic imine (C=N–C) groups is 1. The summed E-state index contributed by atoms with van der Waals surface area (Å²) in [5, 5.41) is 8.63. The molecule has 0 amide bonds. The van der Waals surface area contributed by atoms with E-state index in [1.807, 2.05) is 0 Å². The van der Waals surface area contributed by atoms with Crippen LogP contribution in [0.1, 0.15) is 23.3 Å². The first-order valence-electron chi connectivity index (χ1n) is 6.91. The van der Waals surface area contributed by atoms with Crippen LogP contribution >= 0.6 is 11.3 Å². The van der Waals surface area contributed by atoms with E-state index in [2.05, 4.69) is 40.1 Å². The lowest BCUT2D eigenvalue weighted by Crippen LogP contribution is -2.38. The molecule has 0 radical (unpaired) electrons. The molecule has 5 heteroatoms. The molecule has 1 unspecified atom stereocenters. The topological polar surface area (TPSA) is 36.4 Å². The molecule has 0 bridgehead atoms. The first-order chi connectivity index (χ1) is 10.2. The van der Waals surface area contributed by atoms with E-state index in [1.54, 1.807) is 30.5 Å². The summed E-state index contributed by atoms with van der Waals surface area (Å²) < 4.78 is 12.8. The van der Waals surface area contributed by atoms with Crippen molar-refractivity contribution in [2.45, 2.75) is 19.4 Å². The molecule has 1 heterocycles. The smallest absolute Gasteiger partial charge is 0.191 e. The number of guanidine groups is 1. The molecule has 1 aromatic carbocycles. The molecule has 0 spiro atoms. The molecule has 0 aliphatic heterocycles. The zero-order chi connectivity index (χ0) is 15.1. The van der Waals surface area contributed by atoms with Gasteiger partial charge >= 0.3 is 0 Å². The van der Waals surface area contributed by atoms with Crippen molar-refractivity contribution in [2.24, 2.45) is 4.99 Å². The van der Waals surface area contributed by atoms with Crippen molar-refractivity contribution in [3.05, 3.63) is 58.0 Å². The van der Waals surface area contributed by atoms with Crippen LogP contribution in [0.2, 0.25) is 0 Å². The zero-order valence-electron chi connectivity index (χ0n) is 12.3. The number of halogens is 1. The Morgan fingerprint density at radius 2 is 2.00 bits per heavy atom. The molecule has 21 heavy (non-hydrogen) atoms. The number of nitrogens with zero attached hydrogens (tertiary/aromatic N) is 1. The van der Waals surface area contributed by atoms with Crippen LogP contribution in [-0.4, -0.2) is 19.6 Å². The molecule has 2 N–H and O–H groups in total. The lowest BCUT2D eigenvalue weighted by molar-refractivity contribution is 0.626. The Bertz CT molecular complexity index is 564. The Morgan fingerprint density at radius 1 is 1.24 bits per heavy atom. The minimum Gasteiger partial charge on any atom is -0.356 e. The SMILES string of the molecule is CN=C(NCc1ccc(F)cc1)NCC(C)c1cccs1. The molecule has 0 fully saturated rings. The molecule has 112 valence electrons. The summed E-state index contributed by atoms with van der Waals surface area (Å²) in [6, 6.07) is 10.7. The zero-order valence-corrected chi connectivity index (χ0v) is 13.1. The Hall–Kier alpha value is -1.88. The Kier molecular flexibility index (Phi) is 5.75. The third-order valence-corrected chi connectivity index (χ3v) is 4.31. The van der Waals surface area contributed by atoms with Gasteiger partial charge in [0, 0.05) is 30.9 Å². The van der Waals surface area contributed by atoms with Gasteiger partial charge < -0.3 is 10.6 Å². The van der Waals surface area contributed by atoms with Gasteiger partial charge in [-0.1, -0.05) is 25.1 Å². The molecule has 0 aliphatic rings. The van der Waals surface area contributed by atoms with E-state index < -0.39 is 0 Å². The van der Waals surface area contributed by atoms with Crippen LogP contribution in [0, 0.1) is 5.82 Å². The average molecular weight is 305 g/mol. The van der Waals surface area contributed by atoms with Gasteiger partial charge in [0.1, 0.15) is 5.82 Å². The fraction of sp³-hybridized carbons (Fsp3) is 0.312. The number of hydrogen-bond acceptors (Lipinski definition) is 2. The van der Waals surface area contributed by atoms with E-state index in [4.69, 9.17) is 0 Å². The highest BCUT2D eigenvalue weighted by Crippen LogP contribution is 2.19. The van der Waals surface area contributed by atoms with Crippen molar-refractivity contribution in [2.75, 3.05) is 13.6 Å². The summed E-state index contributed by atoms with van der Waals surface area (Å²) in [6.45, 7) is 3.63. The van der Waals surface area contributed by atoms with Crippen LogP contribution in [0.3, 0.4) is 0 Å². The molecule has 0 aliphatic carbocycles. The van der Waals surface area contributed by atoms with E-state index in [9.17, 15) is 4.39 Å². The van der Waals surface area contributed by atoms with Crippen LogP contribution in [0.5, 0.6) is 0 Å². The number of benzene rings is 1. The van der Waals surface area contributed by atoms with Gasteiger partial charge in [-0.2, -0.15) is 0 Å². The Labute approximate surface area is 128 Å². The highest BCUT2D eigenvalue weighted by Gasteiger charge is 2.07. The molecule has 0 saturated heterocycles. The maximum atomic E-state index is 12.8. The number of thiophene rings is 1. The van der Waals surface area contributed by atoms with Gasteiger partial charge in [0.05, 0.1) is 0 Å². The second-order valence-corrected chi connectivity index (χ2v) is 5.83. The summed E-state index contributed by atoms with van der Waals surface area (Å²) in [5.41, 5.74) is 1.02. The summed E-state index contributed by atoms with van der Waals surface area (Å²) >= 11 is 1.77. The molecule has 0 saturated carbocycles. The molecular weight excluding hydrogens is 285 g/mol. The van der Waals surface area contributed by atoms with Crippen LogP contribution < -0.4 is 10.6 Å². The lowest BCUT2D eigenvalue weighted by Gasteiger charge is -2.15. The van der Waals surface area contributed by atoms with Gasteiger partial charge in [0.2, 0.25) is 0 Å². The summed E-state index contributed by atoms with van der Waals surface area (Å²) in [4.78, 5) is 5.56. The minimum absolute atomic E-state index is 0.217. The summed E-state index contributed by atoms with van der Waals surface area (Å²) in [5.74, 6) is 0.975. The highest BCUT2D eigenvalue weighted by molar-refractivity contribution is 7.10. The number of nitrogens with one attached hydrogen (secondary N) is 2. The third kappa shape index (κ3) is 4.86. The van der Waals surface area contributed by atoms with E-state index in [-0.39, 0.29) is 5.82 Å². The minimum atomic E-state index is -0.217. The Balaban J connectivity index is 1.79. The van der Waals surface area contributed by atoms with Gasteiger partial charge in [-0.15, -0.1) is 11.3 Å². The average Bonchev–Trinajstić information content (AvgIpc) is 3.03. The lowest BCUT2D eigenvalue weighted by atomic mass is 10.1. The Morgan fingerprint density at radius 3 is 2.62 bits per heavy atom. The molecule has 1 atom stereocenters. The first-order valence-corrected chi connectivity index (χ1v) is 7.79. The summed E-state index contributed by atoms with van der Waals surface area (Å²) in [7, 11) is 1.75. The highest BCUT2D eigenvalue weighted by atomic mass is 32.1. The van der Waals surface area contributed by atoms with Crippen molar-refractivity contribution in [1.82, 2.24) is 10.6 Å². The predicted molar refractivity (Wildman–Crippen MR) is 87.3 cm³/mol. The van der Waals surface area contributed by atoms with E-state index >= 15 is 0 Å². The van der Waals surface area contributed by atoms with Gasteiger partial charge in [-0.25, -0.2) is 4.39 Å². The standard InChI is InChI=1S/C16H20FN3S/c1-12(15-4-3-9-21-15)10-19-16(18-2)20-11-13-5-7-14(17)8-6-13/h3-9,12H,10-11H2,1-2H3,(H2,18,19,20). The van der Waals surface area contributed by atoms with Crippen LogP contribution in [0.4, 0.5) is 4.39 Å². The summed E-state index contributed by atoms with van der Waals surface area (Å²) in [6.07, 6.45) is 0. The second-order valence-electron chi connectivity index (χ2n) is 4.85. The molecule has 1 aromatic heterocycles. The number of rotatable bonds is 5. The normalized spacial score (nSPS) is 13.0. The van der Waals surface area contributed by atoms with E-state index in [0.717, 1.165) is 18.1 Å². The van der Waals surface area contributed by atoms with Gasteiger partial charge in [0.15, 0.2) is 5.96 Å². The number of hydrogen-bond donors (Lipinski definition) is 2. The second kappa shape index (κ2) is 7.78. The fourth-order valence-corrected chi connectivity index (χ4v) is 2.72. The molecule has 2 rings (SSSR count). The van der Waals surface area contributed by atoms with Crippen molar-refractivity contribution in [3.63, 3.8) is 0 Å². The van der Waals surface area contributed by atoms with Crippen molar-refractivity contribution < 1.29 is 4.39 Å². The molecular formula is C16H20FN3S. The van der Waals surface area contributed by atoms with E-state index in [1.165, 1.54) is 17.0 Å². The first kappa shape index (κ1) is 15.5. The van der Waals surface area contributed by atoms with Crippen LogP contribution in [0.25, 0.3) is 0 Å². The fourth-order valence-electron chi connectivity index (χ4n) is 1.93. The monoisotopic (exact) mass is 305 g/mol. The van der Waals surface area contributed by atoms with Crippen molar-refractivity contribution in [1.29, 1.82) is 0 Å². The predicted octanol–water partition coefficient (Wildman–Crippen LogP) is 3.36. The third-order valence-electron chi connectivity index (χ3n) is 3.20. The van der Waals surface area contributed by atoms with Crippen molar-refractivity contribution in [3.8, 4) is 0 Å². The van der Waals surface area contributed by atoms with Gasteiger partial charge in [-0.05, 0) is 29.1 Å².